The zero-order valence-electron chi connectivity index (χ0n) is 14.7. The predicted molar refractivity (Wildman–Crippen MR) is 113 cm³/mol. The van der Waals surface area contributed by atoms with Crippen molar-refractivity contribution in [1.29, 1.82) is 0 Å². The van der Waals surface area contributed by atoms with Gasteiger partial charge in [-0.3, -0.25) is 4.90 Å². The maximum absolute atomic E-state index is 6.09. The van der Waals surface area contributed by atoms with E-state index in [1.165, 1.54) is 16.7 Å². The first-order chi connectivity index (χ1) is 12.6. The Morgan fingerprint density at radius 1 is 1.08 bits per heavy atom. The summed E-state index contributed by atoms with van der Waals surface area (Å²) >= 11 is 13.8. The highest BCUT2D eigenvalue weighted by molar-refractivity contribution is 7.22. The predicted octanol–water partition coefficient (Wildman–Crippen LogP) is 5.32. The number of hydrogen-bond acceptors (Lipinski definition) is 4. The van der Waals surface area contributed by atoms with Crippen molar-refractivity contribution in [2.75, 3.05) is 31.1 Å². The van der Waals surface area contributed by atoms with Gasteiger partial charge in [-0.15, -0.1) is 11.6 Å². The highest BCUT2D eigenvalue weighted by Gasteiger charge is 2.20. The van der Waals surface area contributed by atoms with Gasteiger partial charge in [0.05, 0.1) is 10.2 Å². The van der Waals surface area contributed by atoms with Crippen molar-refractivity contribution in [2.45, 2.75) is 19.3 Å². The molecule has 3 aromatic rings. The van der Waals surface area contributed by atoms with Gasteiger partial charge in [-0.2, -0.15) is 0 Å². The molecule has 0 N–H and O–H groups in total. The summed E-state index contributed by atoms with van der Waals surface area (Å²) in [5, 5.41) is 1.87. The van der Waals surface area contributed by atoms with Crippen LogP contribution in [0.4, 0.5) is 5.13 Å². The summed E-state index contributed by atoms with van der Waals surface area (Å²) in [6.07, 6.45) is 0. The molecule has 2 aromatic carbocycles. The van der Waals surface area contributed by atoms with Crippen molar-refractivity contribution in [1.82, 2.24) is 9.88 Å². The van der Waals surface area contributed by atoms with Gasteiger partial charge >= 0.3 is 0 Å². The third-order valence-corrected chi connectivity index (χ3v) is 6.57. The molecule has 0 spiro atoms. The molecule has 0 amide bonds. The molecule has 1 aliphatic rings. The number of fused-ring (bicyclic) bond motifs is 1. The molecule has 6 heteroatoms. The molecule has 0 aliphatic carbocycles. The number of halogens is 2. The lowest BCUT2D eigenvalue weighted by Crippen LogP contribution is -2.46. The largest absolute Gasteiger partial charge is 0.345 e. The van der Waals surface area contributed by atoms with E-state index in [0.29, 0.717) is 5.88 Å². The number of piperazine rings is 1. The van der Waals surface area contributed by atoms with Crippen LogP contribution >= 0.6 is 34.5 Å². The number of rotatable bonds is 4. The summed E-state index contributed by atoms with van der Waals surface area (Å²) in [6, 6.07) is 12.4. The lowest BCUT2D eigenvalue weighted by atomic mass is 10.0. The molecule has 3 nitrogen and oxygen atoms in total. The summed E-state index contributed by atoms with van der Waals surface area (Å²) in [6.45, 7) is 7.25. The monoisotopic (exact) mass is 405 g/mol. The molecular formula is C20H21Cl2N3S. The maximum Gasteiger partial charge on any atom is 0.186 e. The molecule has 1 aromatic heterocycles. The van der Waals surface area contributed by atoms with Crippen LogP contribution in [0.15, 0.2) is 36.4 Å². The normalized spacial score (nSPS) is 15.7. The van der Waals surface area contributed by atoms with Crippen molar-refractivity contribution in [2.24, 2.45) is 0 Å². The average molecular weight is 406 g/mol. The number of thiazole rings is 1. The fraction of sp³-hybridized carbons (Fsp3) is 0.350. The van der Waals surface area contributed by atoms with Crippen molar-refractivity contribution in [3.63, 3.8) is 0 Å². The molecule has 0 radical (unpaired) electrons. The Kier molecular flexibility index (Phi) is 5.37. The highest BCUT2D eigenvalue weighted by atomic mass is 35.5. The van der Waals surface area contributed by atoms with E-state index in [1.54, 1.807) is 11.3 Å². The number of nitrogens with zero attached hydrogens (tertiary/aromatic N) is 3. The summed E-state index contributed by atoms with van der Waals surface area (Å²) in [5.41, 5.74) is 4.94. The molecule has 0 saturated carbocycles. The van der Waals surface area contributed by atoms with Crippen LogP contribution in [0.1, 0.15) is 16.7 Å². The summed E-state index contributed by atoms with van der Waals surface area (Å²) in [4.78, 5) is 9.68. The minimum absolute atomic E-state index is 0.572. The van der Waals surface area contributed by atoms with Crippen LogP contribution < -0.4 is 4.90 Å². The molecule has 136 valence electrons. The van der Waals surface area contributed by atoms with Gasteiger partial charge in [0.1, 0.15) is 0 Å². The first kappa shape index (κ1) is 18.1. The van der Waals surface area contributed by atoms with E-state index in [9.17, 15) is 0 Å². The Bertz CT molecular complexity index is 917. The second kappa shape index (κ2) is 7.73. The molecule has 4 rings (SSSR count). The van der Waals surface area contributed by atoms with Gasteiger partial charge in [0.15, 0.2) is 5.13 Å². The third kappa shape index (κ3) is 3.84. The minimum atomic E-state index is 0.572. The van der Waals surface area contributed by atoms with Gasteiger partial charge in [-0.05, 0) is 41.8 Å². The summed E-state index contributed by atoms with van der Waals surface area (Å²) < 4.78 is 1.16. The molecule has 1 saturated heterocycles. The number of benzene rings is 2. The van der Waals surface area contributed by atoms with E-state index in [-0.39, 0.29) is 0 Å². The van der Waals surface area contributed by atoms with E-state index < -0.39 is 0 Å². The highest BCUT2D eigenvalue weighted by Crippen LogP contribution is 2.31. The first-order valence-corrected chi connectivity index (χ1v) is 10.5. The Balaban J connectivity index is 1.42. The molecule has 26 heavy (non-hydrogen) atoms. The van der Waals surface area contributed by atoms with E-state index in [0.717, 1.165) is 53.1 Å². The Morgan fingerprint density at radius 2 is 1.88 bits per heavy atom. The van der Waals surface area contributed by atoms with E-state index in [2.05, 4.69) is 34.9 Å². The van der Waals surface area contributed by atoms with E-state index in [1.807, 2.05) is 18.2 Å². The van der Waals surface area contributed by atoms with Crippen LogP contribution in [0.5, 0.6) is 0 Å². The molecule has 2 heterocycles. The number of hydrogen-bond donors (Lipinski definition) is 0. The molecule has 0 unspecified atom stereocenters. The molecule has 1 fully saturated rings. The first-order valence-electron chi connectivity index (χ1n) is 8.80. The second-order valence-electron chi connectivity index (χ2n) is 6.77. The lowest BCUT2D eigenvalue weighted by Gasteiger charge is -2.34. The smallest absolute Gasteiger partial charge is 0.186 e. The topological polar surface area (TPSA) is 19.4 Å². The van der Waals surface area contributed by atoms with Crippen molar-refractivity contribution >= 4 is 49.9 Å². The zero-order valence-corrected chi connectivity index (χ0v) is 17.0. The number of alkyl halides is 1. The molecule has 1 aliphatic heterocycles. The van der Waals surface area contributed by atoms with Crippen molar-refractivity contribution in [3.05, 3.63) is 58.1 Å². The molecule has 0 atom stereocenters. The number of anilines is 1. The Morgan fingerprint density at radius 3 is 2.65 bits per heavy atom. The van der Waals surface area contributed by atoms with Gasteiger partial charge in [-0.25, -0.2) is 4.98 Å². The molecule has 0 bridgehead atoms. The second-order valence-corrected chi connectivity index (χ2v) is 8.48. The van der Waals surface area contributed by atoms with Gasteiger partial charge in [0, 0.05) is 43.6 Å². The van der Waals surface area contributed by atoms with Gasteiger partial charge in [-0.1, -0.05) is 41.1 Å². The van der Waals surface area contributed by atoms with Crippen LogP contribution in [0.25, 0.3) is 10.2 Å². The zero-order chi connectivity index (χ0) is 18.1. The average Bonchev–Trinajstić information content (AvgIpc) is 3.07. The Hall–Kier alpha value is -1.33. The van der Waals surface area contributed by atoms with Crippen LogP contribution in [0.2, 0.25) is 5.02 Å². The number of aryl methyl sites for hydroxylation is 1. The standard InChI is InChI=1S/C20H21Cl2N3S/c1-14-2-3-15(12-21)10-16(14)13-24-6-8-25(9-7-24)20-23-18-5-4-17(22)11-19(18)26-20/h2-5,10-11H,6-9,12-13H2,1H3. The SMILES string of the molecule is Cc1ccc(CCl)cc1CN1CCN(c2nc3ccc(Cl)cc3s2)CC1. The van der Waals surface area contributed by atoms with Crippen molar-refractivity contribution in [3.8, 4) is 0 Å². The Labute approximate surface area is 168 Å². The fourth-order valence-corrected chi connectivity index (χ4v) is 4.80. The fourth-order valence-electron chi connectivity index (χ4n) is 3.34. The minimum Gasteiger partial charge on any atom is -0.345 e. The number of aromatic nitrogens is 1. The maximum atomic E-state index is 6.09. The van der Waals surface area contributed by atoms with Crippen LogP contribution in [0, 0.1) is 6.92 Å². The van der Waals surface area contributed by atoms with Crippen LogP contribution in [-0.4, -0.2) is 36.1 Å². The summed E-state index contributed by atoms with van der Waals surface area (Å²) in [5.74, 6) is 0.572. The lowest BCUT2D eigenvalue weighted by molar-refractivity contribution is 0.249. The molecular weight excluding hydrogens is 385 g/mol. The van der Waals surface area contributed by atoms with Gasteiger partial charge in [0.2, 0.25) is 0 Å². The van der Waals surface area contributed by atoms with E-state index in [4.69, 9.17) is 28.2 Å². The van der Waals surface area contributed by atoms with Gasteiger partial charge < -0.3 is 4.90 Å². The summed E-state index contributed by atoms with van der Waals surface area (Å²) in [7, 11) is 0. The van der Waals surface area contributed by atoms with Gasteiger partial charge in [0.25, 0.3) is 0 Å². The van der Waals surface area contributed by atoms with Crippen LogP contribution in [-0.2, 0) is 12.4 Å². The van der Waals surface area contributed by atoms with E-state index >= 15 is 0 Å². The van der Waals surface area contributed by atoms with Crippen LogP contribution in [0.3, 0.4) is 0 Å². The quantitative estimate of drug-likeness (QED) is 0.547. The third-order valence-electron chi connectivity index (χ3n) is 4.94. The van der Waals surface area contributed by atoms with Crippen molar-refractivity contribution < 1.29 is 0 Å².